The van der Waals surface area contributed by atoms with Crippen LogP contribution < -0.4 is 5.73 Å². The van der Waals surface area contributed by atoms with E-state index in [0.29, 0.717) is 30.0 Å². The Morgan fingerprint density at radius 3 is 2.32 bits per heavy atom. The third kappa shape index (κ3) is 1.87. The number of carbonyl (C=O) groups excluding carboxylic acids is 2. The number of carbonyl (C=O) groups is 2. The molecule has 1 aromatic heterocycles. The summed E-state index contributed by atoms with van der Waals surface area (Å²) in [5, 5.41) is 0. The van der Waals surface area contributed by atoms with Crippen molar-refractivity contribution in [2.75, 3.05) is 12.3 Å². The number of nitrogens with zero attached hydrogens (tertiary/aromatic N) is 2. The van der Waals surface area contributed by atoms with Crippen LogP contribution in [-0.4, -0.2) is 33.2 Å². The van der Waals surface area contributed by atoms with Crippen LogP contribution in [0.3, 0.4) is 0 Å². The quantitative estimate of drug-likeness (QED) is 0.795. The van der Waals surface area contributed by atoms with Crippen LogP contribution in [0.15, 0.2) is 30.5 Å². The first kappa shape index (κ1) is 11.5. The van der Waals surface area contributed by atoms with Crippen LogP contribution in [0.25, 0.3) is 0 Å². The number of benzene rings is 1. The summed E-state index contributed by atoms with van der Waals surface area (Å²) in [5.74, 6) is -0.154. The SMILES string of the molecule is Nc1ncc(CCN2C(=O)c3ccccc3C2=O)[nH]1. The molecule has 2 amide bonds. The molecule has 19 heavy (non-hydrogen) atoms. The minimum absolute atomic E-state index is 0.243. The van der Waals surface area contributed by atoms with Crippen molar-refractivity contribution in [3.63, 3.8) is 0 Å². The first-order valence-corrected chi connectivity index (χ1v) is 5.91. The van der Waals surface area contributed by atoms with Gasteiger partial charge in [0.2, 0.25) is 0 Å². The smallest absolute Gasteiger partial charge is 0.261 e. The molecular formula is C13H12N4O2. The van der Waals surface area contributed by atoms with E-state index in [1.807, 2.05) is 0 Å². The van der Waals surface area contributed by atoms with E-state index in [0.717, 1.165) is 5.69 Å². The molecule has 2 aromatic rings. The maximum absolute atomic E-state index is 12.1. The molecular weight excluding hydrogens is 244 g/mol. The number of nitrogen functional groups attached to an aromatic ring is 1. The molecule has 0 unspecified atom stereocenters. The number of imidazole rings is 1. The lowest BCUT2D eigenvalue weighted by Crippen LogP contribution is -2.31. The summed E-state index contributed by atoms with van der Waals surface area (Å²) >= 11 is 0. The summed E-state index contributed by atoms with van der Waals surface area (Å²) in [6.07, 6.45) is 2.11. The number of hydrogen-bond donors (Lipinski definition) is 2. The third-order valence-electron chi connectivity index (χ3n) is 3.13. The molecule has 0 fully saturated rings. The highest BCUT2D eigenvalue weighted by atomic mass is 16.2. The summed E-state index contributed by atoms with van der Waals surface area (Å²) in [6.45, 7) is 0.313. The molecule has 0 spiro atoms. The minimum atomic E-state index is -0.243. The zero-order chi connectivity index (χ0) is 13.4. The van der Waals surface area contributed by atoms with Crippen molar-refractivity contribution in [2.45, 2.75) is 6.42 Å². The maximum Gasteiger partial charge on any atom is 0.261 e. The van der Waals surface area contributed by atoms with Gasteiger partial charge in [0.05, 0.1) is 17.3 Å². The van der Waals surface area contributed by atoms with Crippen molar-refractivity contribution in [1.82, 2.24) is 14.9 Å². The van der Waals surface area contributed by atoms with Gasteiger partial charge < -0.3 is 10.7 Å². The fraction of sp³-hybridized carbons (Fsp3) is 0.154. The van der Waals surface area contributed by atoms with Crippen LogP contribution in [0.1, 0.15) is 26.4 Å². The number of aromatic amines is 1. The molecule has 1 aliphatic rings. The molecule has 1 aromatic carbocycles. The zero-order valence-corrected chi connectivity index (χ0v) is 10.1. The average molecular weight is 256 g/mol. The first-order valence-electron chi connectivity index (χ1n) is 5.91. The van der Waals surface area contributed by atoms with Crippen LogP contribution in [0.2, 0.25) is 0 Å². The average Bonchev–Trinajstić information content (AvgIpc) is 2.93. The number of amides is 2. The Hall–Kier alpha value is -2.63. The summed E-state index contributed by atoms with van der Waals surface area (Å²) in [7, 11) is 0. The molecule has 0 bridgehead atoms. The Labute approximate surface area is 109 Å². The van der Waals surface area contributed by atoms with Crippen LogP contribution in [0, 0.1) is 0 Å². The predicted octanol–water partition coefficient (Wildman–Crippen LogP) is 0.831. The number of H-pyrrole nitrogens is 1. The predicted molar refractivity (Wildman–Crippen MR) is 68.5 cm³/mol. The third-order valence-corrected chi connectivity index (χ3v) is 3.13. The van der Waals surface area contributed by atoms with Gasteiger partial charge in [-0.3, -0.25) is 14.5 Å². The summed E-state index contributed by atoms with van der Waals surface area (Å²) < 4.78 is 0. The van der Waals surface area contributed by atoms with Crippen LogP contribution in [0.4, 0.5) is 5.95 Å². The number of nitrogens with two attached hydrogens (primary N) is 1. The van der Waals surface area contributed by atoms with Crippen molar-refractivity contribution in [3.8, 4) is 0 Å². The van der Waals surface area contributed by atoms with E-state index < -0.39 is 0 Å². The molecule has 0 saturated carbocycles. The lowest BCUT2D eigenvalue weighted by atomic mass is 10.1. The lowest BCUT2D eigenvalue weighted by Gasteiger charge is -2.12. The van der Waals surface area contributed by atoms with Crippen molar-refractivity contribution >= 4 is 17.8 Å². The molecule has 3 N–H and O–H groups in total. The molecule has 0 radical (unpaired) electrons. The van der Waals surface area contributed by atoms with Gasteiger partial charge in [-0.1, -0.05) is 12.1 Å². The van der Waals surface area contributed by atoms with E-state index in [4.69, 9.17) is 5.73 Å². The van der Waals surface area contributed by atoms with Gasteiger partial charge in [-0.15, -0.1) is 0 Å². The number of fused-ring (bicyclic) bond motifs is 1. The second-order valence-corrected chi connectivity index (χ2v) is 4.35. The normalized spacial score (nSPS) is 14.0. The molecule has 6 heteroatoms. The number of rotatable bonds is 3. The molecule has 3 rings (SSSR count). The van der Waals surface area contributed by atoms with Gasteiger partial charge in [0.1, 0.15) is 0 Å². The molecule has 0 aliphatic carbocycles. The summed E-state index contributed by atoms with van der Waals surface area (Å²) in [4.78, 5) is 32.2. The van der Waals surface area contributed by atoms with Gasteiger partial charge in [0.15, 0.2) is 5.95 Å². The van der Waals surface area contributed by atoms with Crippen LogP contribution >= 0.6 is 0 Å². The van der Waals surface area contributed by atoms with Gasteiger partial charge in [0, 0.05) is 18.7 Å². The van der Waals surface area contributed by atoms with Gasteiger partial charge in [0.25, 0.3) is 11.8 Å². The van der Waals surface area contributed by atoms with Crippen LogP contribution in [-0.2, 0) is 6.42 Å². The second-order valence-electron chi connectivity index (χ2n) is 4.35. The Balaban J connectivity index is 1.77. The zero-order valence-electron chi connectivity index (χ0n) is 10.1. The lowest BCUT2D eigenvalue weighted by molar-refractivity contribution is 0.0656. The van der Waals surface area contributed by atoms with Crippen LogP contribution in [0.5, 0.6) is 0 Å². The summed E-state index contributed by atoms with van der Waals surface area (Å²) in [5.41, 5.74) is 7.21. The number of aromatic nitrogens is 2. The van der Waals surface area contributed by atoms with Crippen molar-refractivity contribution in [3.05, 3.63) is 47.3 Å². The molecule has 1 aliphatic heterocycles. The topological polar surface area (TPSA) is 92.1 Å². The Bertz CT molecular complexity index is 627. The number of hydrogen-bond acceptors (Lipinski definition) is 4. The highest BCUT2D eigenvalue weighted by Crippen LogP contribution is 2.22. The molecule has 6 nitrogen and oxygen atoms in total. The summed E-state index contributed by atoms with van der Waals surface area (Å²) in [6, 6.07) is 6.85. The van der Waals surface area contributed by atoms with Gasteiger partial charge >= 0.3 is 0 Å². The highest BCUT2D eigenvalue weighted by Gasteiger charge is 2.34. The fourth-order valence-corrected chi connectivity index (χ4v) is 2.18. The Kier molecular flexibility index (Phi) is 2.56. The van der Waals surface area contributed by atoms with Crippen molar-refractivity contribution < 1.29 is 9.59 Å². The van der Waals surface area contributed by atoms with E-state index >= 15 is 0 Å². The van der Waals surface area contributed by atoms with E-state index in [1.54, 1.807) is 30.5 Å². The molecule has 0 atom stereocenters. The second kappa shape index (κ2) is 4.24. The Morgan fingerprint density at radius 1 is 1.16 bits per heavy atom. The van der Waals surface area contributed by atoms with Crippen molar-refractivity contribution in [1.29, 1.82) is 0 Å². The molecule has 2 heterocycles. The molecule has 0 saturated heterocycles. The van der Waals surface area contributed by atoms with Gasteiger partial charge in [-0.25, -0.2) is 4.98 Å². The maximum atomic E-state index is 12.1. The van der Waals surface area contributed by atoms with E-state index in [9.17, 15) is 9.59 Å². The largest absolute Gasteiger partial charge is 0.369 e. The van der Waals surface area contributed by atoms with Gasteiger partial charge in [-0.05, 0) is 12.1 Å². The van der Waals surface area contributed by atoms with E-state index in [2.05, 4.69) is 9.97 Å². The monoisotopic (exact) mass is 256 g/mol. The minimum Gasteiger partial charge on any atom is -0.369 e. The standard InChI is InChI=1S/C13H12N4O2/c14-13-15-7-8(16-13)5-6-17-11(18)9-3-1-2-4-10(9)12(17)19/h1-4,7H,5-6H2,(H3,14,15,16). The van der Waals surface area contributed by atoms with Crippen molar-refractivity contribution in [2.24, 2.45) is 0 Å². The Morgan fingerprint density at radius 2 is 1.79 bits per heavy atom. The highest BCUT2D eigenvalue weighted by molar-refractivity contribution is 6.21. The molecule has 96 valence electrons. The van der Waals surface area contributed by atoms with Gasteiger partial charge in [-0.2, -0.15) is 0 Å². The number of nitrogens with one attached hydrogen (secondary N) is 1. The fourth-order valence-electron chi connectivity index (χ4n) is 2.18. The number of anilines is 1. The van der Waals surface area contributed by atoms with E-state index in [1.165, 1.54) is 4.90 Å². The first-order chi connectivity index (χ1) is 9.16. The number of imide groups is 1. The van der Waals surface area contributed by atoms with E-state index in [-0.39, 0.29) is 11.8 Å².